The molecule has 2 aromatic rings. The van der Waals surface area contributed by atoms with Gasteiger partial charge in [-0.05, 0) is 30.8 Å². The van der Waals surface area contributed by atoms with Gasteiger partial charge in [0.1, 0.15) is 11.4 Å². The van der Waals surface area contributed by atoms with Crippen LogP contribution in [0, 0.1) is 17.1 Å². The van der Waals surface area contributed by atoms with Crippen LogP contribution in [0.5, 0.6) is 5.75 Å². The molecule has 0 aliphatic carbocycles. The Kier molecular flexibility index (Phi) is 6.10. The fourth-order valence-electron chi connectivity index (χ4n) is 4.90. The second-order valence-corrected chi connectivity index (χ2v) is 8.96. The summed E-state index contributed by atoms with van der Waals surface area (Å²) in [5.74, 6) is -0.853. The van der Waals surface area contributed by atoms with Gasteiger partial charge in [0.05, 0.1) is 30.8 Å². The first-order valence-electron chi connectivity index (χ1n) is 11.4. The molecule has 2 aromatic carbocycles. The van der Waals surface area contributed by atoms with Crippen molar-refractivity contribution in [2.45, 2.75) is 24.5 Å². The van der Waals surface area contributed by atoms with Crippen molar-refractivity contribution in [3.8, 4) is 11.8 Å². The zero-order valence-electron chi connectivity index (χ0n) is 19.2. The number of fused-ring (bicyclic) bond motifs is 1. The molecule has 178 valence electrons. The molecule has 0 spiro atoms. The Labute approximate surface area is 198 Å². The molecule has 3 fully saturated rings. The van der Waals surface area contributed by atoms with Gasteiger partial charge in [0.25, 0.3) is 0 Å². The normalized spacial score (nSPS) is 25.2. The van der Waals surface area contributed by atoms with Crippen LogP contribution in [0.4, 0.5) is 15.8 Å². The summed E-state index contributed by atoms with van der Waals surface area (Å²) in [4.78, 5) is 17.6. The third-order valence-corrected chi connectivity index (χ3v) is 6.86. The molecular weight excluding hydrogens is 437 g/mol. The highest BCUT2D eigenvalue weighted by atomic mass is 19.1. The van der Waals surface area contributed by atoms with Crippen LogP contribution < -0.4 is 30.9 Å². The SMILES string of the molecule is COc1cc(C#N)cc(F)c1N1NC2C(CC1=O)NNC2c1ccc(N2CCN(C)CC2)cc1. The van der Waals surface area contributed by atoms with E-state index in [-0.39, 0.29) is 47.5 Å². The number of nitriles is 1. The van der Waals surface area contributed by atoms with Crippen molar-refractivity contribution in [1.82, 2.24) is 21.2 Å². The lowest BCUT2D eigenvalue weighted by atomic mass is 9.93. The minimum absolute atomic E-state index is 0.0129. The van der Waals surface area contributed by atoms with Crippen LogP contribution in [0.15, 0.2) is 36.4 Å². The molecule has 1 amide bonds. The average molecular weight is 466 g/mol. The van der Waals surface area contributed by atoms with Crippen molar-refractivity contribution in [2.75, 3.05) is 50.2 Å². The quantitative estimate of drug-likeness (QED) is 0.622. The lowest BCUT2D eigenvalue weighted by Gasteiger charge is -2.37. The van der Waals surface area contributed by atoms with Gasteiger partial charge in [0.15, 0.2) is 5.82 Å². The Balaban J connectivity index is 1.37. The largest absolute Gasteiger partial charge is 0.494 e. The molecule has 3 N–H and O–H groups in total. The van der Waals surface area contributed by atoms with Crippen molar-refractivity contribution in [3.63, 3.8) is 0 Å². The highest BCUT2D eigenvalue weighted by molar-refractivity contribution is 5.95. The number of benzene rings is 2. The Morgan fingerprint density at radius 3 is 2.53 bits per heavy atom. The fourth-order valence-corrected chi connectivity index (χ4v) is 4.90. The van der Waals surface area contributed by atoms with E-state index in [1.165, 1.54) is 23.9 Å². The summed E-state index contributed by atoms with van der Waals surface area (Å²) < 4.78 is 20.3. The van der Waals surface area contributed by atoms with E-state index < -0.39 is 5.82 Å². The number of hydrogen-bond acceptors (Lipinski definition) is 8. The number of carbonyl (C=O) groups excluding carboxylic acids is 1. The van der Waals surface area contributed by atoms with Gasteiger partial charge in [-0.25, -0.2) is 20.3 Å². The summed E-state index contributed by atoms with van der Waals surface area (Å²) in [6, 6.07) is 12.4. The van der Waals surface area contributed by atoms with Crippen LogP contribution in [-0.2, 0) is 4.79 Å². The van der Waals surface area contributed by atoms with Crippen molar-refractivity contribution in [2.24, 2.45) is 0 Å². The summed E-state index contributed by atoms with van der Waals surface area (Å²) in [7, 11) is 3.53. The number of hydrogen-bond donors (Lipinski definition) is 3. The van der Waals surface area contributed by atoms with Crippen LogP contribution >= 0.6 is 0 Å². The third-order valence-electron chi connectivity index (χ3n) is 6.86. The van der Waals surface area contributed by atoms with Gasteiger partial charge in [-0.3, -0.25) is 10.2 Å². The van der Waals surface area contributed by atoms with Gasteiger partial charge >= 0.3 is 0 Å². The molecule has 34 heavy (non-hydrogen) atoms. The summed E-state index contributed by atoms with van der Waals surface area (Å²) >= 11 is 0. The Morgan fingerprint density at radius 1 is 1.12 bits per heavy atom. The van der Waals surface area contributed by atoms with E-state index in [0.29, 0.717) is 0 Å². The highest BCUT2D eigenvalue weighted by Crippen LogP contribution is 2.36. The summed E-state index contributed by atoms with van der Waals surface area (Å²) in [6.45, 7) is 4.09. The molecule has 0 bridgehead atoms. The molecule has 0 radical (unpaired) electrons. The van der Waals surface area contributed by atoms with Gasteiger partial charge in [-0.15, -0.1) is 0 Å². The second kappa shape index (κ2) is 9.19. The summed E-state index contributed by atoms with van der Waals surface area (Å²) in [5, 5.41) is 10.4. The van der Waals surface area contributed by atoms with E-state index in [2.05, 4.69) is 57.4 Å². The van der Waals surface area contributed by atoms with Gasteiger partial charge in [0, 0.05) is 50.4 Å². The van der Waals surface area contributed by atoms with E-state index >= 15 is 0 Å². The molecule has 3 atom stereocenters. The highest BCUT2D eigenvalue weighted by Gasteiger charge is 2.45. The topological polar surface area (TPSA) is 95.9 Å². The molecule has 3 saturated heterocycles. The number of rotatable bonds is 4. The summed E-state index contributed by atoms with van der Waals surface area (Å²) in [6.07, 6.45) is 0.184. The molecule has 10 heteroatoms. The van der Waals surface area contributed by atoms with E-state index in [9.17, 15) is 9.18 Å². The Bertz CT molecular complexity index is 1110. The van der Waals surface area contributed by atoms with Crippen LogP contribution in [0.1, 0.15) is 23.6 Å². The summed E-state index contributed by atoms with van der Waals surface area (Å²) in [5.41, 5.74) is 12.1. The number of piperazine rings is 1. The maximum Gasteiger partial charge on any atom is 0.243 e. The van der Waals surface area contributed by atoms with E-state index in [1.807, 2.05) is 6.07 Å². The number of nitrogens with one attached hydrogen (secondary N) is 3. The molecule has 0 saturated carbocycles. The zero-order chi connectivity index (χ0) is 23.8. The van der Waals surface area contributed by atoms with Gasteiger partial charge in [0.2, 0.25) is 5.91 Å². The van der Waals surface area contributed by atoms with Crippen molar-refractivity contribution < 1.29 is 13.9 Å². The number of nitrogens with zero attached hydrogens (tertiary/aromatic N) is 4. The lowest BCUT2D eigenvalue weighted by molar-refractivity contribution is -0.121. The number of likely N-dealkylation sites (N-methyl/N-ethyl adjacent to an activating group) is 1. The molecule has 3 unspecified atom stereocenters. The number of amides is 1. The van der Waals surface area contributed by atoms with E-state index in [1.54, 1.807) is 0 Å². The minimum atomic E-state index is -0.692. The Morgan fingerprint density at radius 2 is 1.85 bits per heavy atom. The predicted octanol–water partition coefficient (Wildman–Crippen LogP) is 1.29. The average Bonchev–Trinajstić information content (AvgIpc) is 3.26. The third kappa shape index (κ3) is 4.08. The molecule has 3 aliphatic heterocycles. The molecule has 3 heterocycles. The van der Waals surface area contributed by atoms with Gasteiger partial charge < -0.3 is 14.5 Å². The first kappa shape index (κ1) is 22.6. The number of ether oxygens (including phenoxy) is 1. The molecule has 9 nitrogen and oxygen atoms in total. The smallest absolute Gasteiger partial charge is 0.243 e. The molecule has 5 rings (SSSR count). The first-order chi connectivity index (χ1) is 16.5. The maximum absolute atomic E-state index is 14.9. The van der Waals surface area contributed by atoms with Crippen LogP contribution in [0.3, 0.4) is 0 Å². The fraction of sp³-hybridized carbons (Fsp3) is 0.417. The number of carbonyl (C=O) groups is 1. The van der Waals surface area contributed by atoms with E-state index in [4.69, 9.17) is 10.00 Å². The minimum Gasteiger partial charge on any atom is -0.494 e. The van der Waals surface area contributed by atoms with Crippen LogP contribution in [0.25, 0.3) is 0 Å². The van der Waals surface area contributed by atoms with Crippen molar-refractivity contribution in [3.05, 3.63) is 53.3 Å². The lowest BCUT2D eigenvalue weighted by Crippen LogP contribution is -2.60. The predicted molar refractivity (Wildman–Crippen MR) is 126 cm³/mol. The zero-order valence-corrected chi connectivity index (χ0v) is 19.2. The van der Waals surface area contributed by atoms with Crippen LogP contribution in [-0.4, -0.2) is 63.2 Å². The first-order valence-corrected chi connectivity index (χ1v) is 11.4. The number of methoxy groups -OCH3 is 1. The molecule has 0 aromatic heterocycles. The Hall–Kier alpha value is -3.23. The second-order valence-electron chi connectivity index (χ2n) is 8.96. The van der Waals surface area contributed by atoms with Crippen molar-refractivity contribution in [1.29, 1.82) is 5.26 Å². The monoisotopic (exact) mass is 465 g/mol. The number of halogens is 1. The number of hydrazine groups is 2. The maximum atomic E-state index is 14.9. The number of anilines is 2. The molecule has 3 aliphatic rings. The van der Waals surface area contributed by atoms with E-state index in [0.717, 1.165) is 37.8 Å². The standard InChI is InChI=1S/C24H28FN7O2/c1-30-7-9-31(10-8-30)17-5-3-16(4-6-17)22-23-19(27-28-22)13-21(33)32(29-23)24-18(25)11-15(14-26)12-20(24)34-2/h3-6,11-12,19,22-23,27-29H,7-10,13H2,1-2H3. The van der Waals surface area contributed by atoms with Gasteiger partial charge in [-0.2, -0.15) is 5.26 Å². The molecular formula is C24H28FN7O2. The van der Waals surface area contributed by atoms with Crippen LogP contribution in [0.2, 0.25) is 0 Å². The van der Waals surface area contributed by atoms with Crippen molar-refractivity contribution >= 4 is 17.3 Å². The van der Waals surface area contributed by atoms with Gasteiger partial charge in [-0.1, -0.05) is 12.1 Å².